The van der Waals surface area contributed by atoms with Crippen molar-refractivity contribution in [3.63, 3.8) is 0 Å². The number of Topliss-reactive ketones (excluding diaryl/α,β-unsaturated/α-hetero) is 1. The monoisotopic (exact) mass is 198 g/mol. The van der Waals surface area contributed by atoms with Crippen molar-refractivity contribution in [2.24, 2.45) is 5.92 Å². The molecule has 1 rings (SSSR count). The van der Waals surface area contributed by atoms with Gasteiger partial charge in [-0.2, -0.15) is 0 Å². The SMILES string of the molecule is C=C(C)C(=O)C1CCCCNC1=O.N. The molecular weight excluding hydrogens is 180 g/mol. The summed E-state index contributed by atoms with van der Waals surface area (Å²) in [6, 6.07) is 0. The molecule has 0 bridgehead atoms. The number of carbonyl (C=O) groups is 2. The second-order valence-corrected chi connectivity index (χ2v) is 3.48. The third kappa shape index (κ3) is 2.96. The van der Waals surface area contributed by atoms with E-state index in [9.17, 15) is 9.59 Å². The van der Waals surface area contributed by atoms with Crippen LogP contribution in [0, 0.1) is 5.92 Å². The van der Waals surface area contributed by atoms with E-state index in [-0.39, 0.29) is 17.8 Å². The van der Waals surface area contributed by atoms with Gasteiger partial charge in [-0.3, -0.25) is 9.59 Å². The topological polar surface area (TPSA) is 81.2 Å². The molecule has 1 atom stereocenters. The van der Waals surface area contributed by atoms with Crippen LogP contribution in [-0.4, -0.2) is 18.2 Å². The van der Waals surface area contributed by atoms with Crippen LogP contribution in [0.4, 0.5) is 0 Å². The Kier molecular flexibility index (Phi) is 5.09. The molecule has 4 N–H and O–H groups in total. The number of hydrogen-bond acceptors (Lipinski definition) is 3. The average molecular weight is 198 g/mol. The van der Waals surface area contributed by atoms with Crippen LogP contribution in [0.15, 0.2) is 12.2 Å². The fourth-order valence-electron chi connectivity index (χ4n) is 1.49. The predicted molar refractivity (Wildman–Crippen MR) is 55.2 cm³/mol. The van der Waals surface area contributed by atoms with Gasteiger partial charge in [-0.15, -0.1) is 0 Å². The summed E-state index contributed by atoms with van der Waals surface area (Å²) in [5.74, 6) is -0.732. The van der Waals surface area contributed by atoms with Gasteiger partial charge in [-0.1, -0.05) is 13.0 Å². The van der Waals surface area contributed by atoms with E-state index in [4.69, 9.17) is 0 Å². The molecule has 4 heteroatoms. The number of carbonyl (C=O) groups excluding carboxylic acids is 2. The van der Waals surface area contributed by atoms with Crippen molar-refractivity contribution in [3.05, 3.63) is 12.2 Å². The van der Waals surface area contributed by atoms with Crippen molar-refractivity contribution >= 4 is 11.7 Å². The van der Waals surface area contributed by atoms with E-state index < -0.39 is 5.92 Å². The van der Waals surface area contributed by atoms with Crippen LogP contribution in [0.2, 0.25) is 0 Å². The molecule has 1 aliphatic rings. The fraction of sp³-hybridized carbons (Fsp3) is 0.600. The number of hydrogen-bond donors (Lipinski definition) is 2. The zero-order valence-corrected chi connectivity index (χ0v) is 8.64. The molecule has 0 radical (unpaired) electrons. The first-order valence-corrected chi connectivity index (χ1v) is 4.60. The third-order valence-corrected chi connectivity index (χ3v) is 2.27. The minimum atomic E-state index is -0.486. The first-order chi connectivity index (χ1) is 6.13. The van der Waals surface area contributed by atoms with Crippen molar-refractivity contribution in [2.45, 2.75) is 26.2 Å². The molecule has 0 aliphatic carbocycles. The van der Waals surface area contributed by atoms with E-state index in [1.807, 2.05) is 0 Å². The maximum atomic E-state index is 11.5. The zero-order valence-electron chi connectivity index (χ0n) is 8.64. The molecule has 0 spiro atoms. The lowest BCUT2D eigenvalue weighted by molar-refractivity contribution is -0.132. The Morgan fingerprint density at radius 3 is 2.71 bits per heavy atom. The average Bonchev–Trinajstić information content (AvgIpc) is 2.28. The first kappa shape index (κ1) is 12.8. The molecule has 1 aliphatic heterocycles. The highest BCUT2D eigenvalue weighted by Gasteiger charge is 2.27. The lowest BCUT2D eigenvalue weighted by Gasteiger charge is -2.10. The van der Waals surface area contributed by atoms with Crippen LogP contribution in [0.25, 0.3) is 0 Å². The smallest absolute Gasteiger partial charge is 0.230 e. The Morgan fingerprint density at radius 1 is 1.50 bits per heavy atom. The van der Waals surface area contributed by atoms with Gasteiger partial charge in [0.15, 0.2) is 5.78 Å². The summed E-state index contributed by atoms with van der Waals surface area (Å²) in [7, 11) is 0. The molecule has 1 fully saturated rings. The van der Waals surface area contributed by atoms with Gasteiger partial charge in [0, 0.05) is 6.54 Å². The second-order valence-electron chi connectivity index (χ2n) is 3.48. The first-order valence-electron chi connectivity index (χ1n) is 4.60. The number of allylic oxidation sites excluding steroid dienone is 1. The summed E-state index contributed by atoms with van der Waals surface area (Å²) in [5.41, 5.74) is 0.474. The van der Waals surface area contributed by atoms with Gasteiger partial charge in [-0.05, 0) is 25.3 Å². The number of ketones is 1. The van der Waals surface area contributed by atoms with Crippen molar-refractivity contribution < 1.29 is 9.59 Å². The highest BCUT2D eigenvalue weighted by molar-refractivity contribution is 6.09. The Morgan fingerprint density at radius 2 is 2.14 bits per heavy atom. The van der Waals surface area contributed by atoms with E-state index in [1.54, 1.807) is 6.92 Å². The van der Waals surface area contributed by atoms with Gasteiger partial charge in [-0.25, -0.2) is 0 Å². The normalized spacial score (nSPS) is 21.5. The Hall–Kier alpha value is -1.16. The van der Waals surface area contributed by atoms with Crippen molar-refractivity contribution in [2.75, 3.05) is 6.54 Å². The molecular formula is C10H18N2O2. The zero-order chi connectivity index (χ0) is 9.84. The molecule has 14 heavy (non-hydrogen) atoms. The van der Waals surface area contributed by atoms with Crippen LogP contribution in [0.3, 0.4) is 0 Å². The highest BCUT2D eigenvalue weighted by Crippen LogP contribution is 2.16. The van der Waals surface area contributed by atoms with Crippen LogP contribution in [0.5, 0.6) is 0 Å². The standard InChI is InChI=1S/C10H15NO2.H3N/c1-7(2)9(12)8-5-3-4-6-11-10(8)13;/h8H,1,3-6H2,2H3,(H,11,13);1H3. The summed E-state index contributed by atoms with van der Waals surface area (Å²) in [5, 5.41) is 2.73. The van der Waals surface area contributed by atoms with Crippen LogP contribution < -0.4 is 11.5 Å². The summed E-state index contributed by atoms with van der Waals surface area (Å²) in [4.78, 5) is 22.9. The lowest BCUT2D eigenvalue weighted by atomic mass is 9.94. The molecule has 80 valence electrons. The van der Waals surface area contributed by atoms with E-state index in [0.717, 1.165) is 12.8 Å². The molecule has 0 aromatic rings. The van der Waals surface area contributed by atoms with Crippen LogP contribution in [-0.2, 0) is 9.59 Å². The van der Waals surface area contributed by atoms with Crippen molar-refractivity contribution in [1.29, 1.82) is 0 Å². The number of rotatable bonds is 2. The quantitative estimate of drug-likeness (QED) is 0.517. The van der Waals surface area contributed by atoms with Gasteiger partial charge in [0.25, 0.3) is 0 Å². The molecule has 0 aromatic heterocycles. The van der Waals surface area contributed by atoms with Gasteiger partial charge < -0.3 is 11.5 Å². The molecule has 4 nitrogen and oxygen atoms in total. The predicted octanol–water partition coefficient (Wildman–Crippen LogP) is 1.21. The maximum Gasteiger partial charge on any atom is 0.230 e. The number of amides is 1. The van der Waals surface area contributed by atoms with Gasteiger partial charge >= 0.3 is 0 Å². The van der Waals surface area contributed by atoms with Crippen LogP contribution >= 0.6 is 0 Å². The van der Waals surface area contributed by atoms with Gasteiger partial charge in [0.05, 0.1) is 0 Å². The molecule has 0 aromatic carbocycles. The van der Waals surface area contributed by atoms with E-state index >= 15 is 0 Å². The van der Waals surface area contributed by atoms with E-state index in [0.29, 0.717) is 18.5 Å². The van der Waals surface area contributed by atoms with Crippen LogP contribution in [0.1, 0.15) is 26.2 Å². The Labute approximate surface area is 84.3 Å². The Balaban J connectivity index is 0.00000169. The van der Waals surface area contributed by atoms with E-state index in [1.165, 1.54) is 0 Å². The minimum absolute atomic E-state index is 0. The van der Waals surface area contributed by atoms with Gasteiger partial charge in [0.2, 0.25) is 5.91 Å². The molecule has 0 saturated carbocycles. The summed E-state index contributed by atoms with van der Waals surface area (Å²) >= 11 is 0. The third-order valence-electron chi connectivity index (χ3n) is 2.27. The summed E-state index contributed by atoms with van der Waals surface area (Å²) in [6.07, 6.45) is 2.56. The van der Waals surface area contributed by atoms with Crippen molar-refractivity contribution in [3.8, 4) is 0 Å². The highest BCUT2D eigenvalue weighted by atomic mass is 16.2. The number of nitrogens with one attached hydrogen (secondary N) is 1. The summed E-state index contributed by atoms with van der Waals surface area (Å²) in [6.45, 7) is 5.91. The molecule has 1 amide bonds. The Bertz CT molecular complexity index is 249. The maximum absolute atomic E-state index is 11.5. The molecule has 1 unspecified atom stereocenters. The minimum Gasteiger partial charge on any atom is -0.355 e. The van der Waals surface area contributed by atoms with Crippen molar-refractivity contribution in [1.82, 2.24) is 11.5 Å². The fourth-order valence-corrected chi connectivity index (χ4v) is 1.49. The van der Waals surface area contributed by atoms with Gasteiger partial charge in [0.1, 0.15) is 5.92 Å². The summed E-state index contributed by atoms with van der Waals surface area (Å²) < 4.78 is 0. The molecule has 1 saturated heterocycles. The van der Waals surface area contributed by atoms with E-state index in [2.05, 4.69) is 11.9 Å². The molecule has 1 heterocycles. The second kappa shape index (κ2) is 5.54. The lowest BCUT2D eigenvalue weighted by Crippen LogP contribution is -2.33. The largest absolute Gasteiger partial charge is 0.355 e.